The first kappa shape index (κ1) is 17.3. The van der Waals surface area contributed by atoms with Crippen molar-refractivity contribution in [3.05, 3.63) is 0 Å². The predicted molar refractivity (Wildman–Crippen MR) is 65.4 cm³/mol. The highest BCUT2D eigenvalue weighted by Crippen LogP contribution is 2.33. The van der Waals surface area contributed by atoms with Gasteiger partial charge in [0.15, 0.2) is 0 Å². The number of piperidine rings is 1. The molecule has 0 aromatic carbocycles. The van der Waals surface area contributed by atoms with Gasteiger partial charge in [0.05, 0.1) is 5.92 Å². The van der Waals surface area contributed by atoms with Crippen LogP contribution in [0.2, 0.25) is 0 Å². The van der Waals surface area contributed by atoms with Crippen molar-refractivity contribution in [3.8, 4) is 0 Å². The van der Waals surface area contributed by atoms with Crippen LogP contribution in [-0.2, 0) is 9.59 Å². The summed E-state index contributed by atoms with van der Waals surface area (Å²) in [7, 11) is 0. The number of amides is 3. The predicted octanol–water partition coefficient (Wildman–Crippen LogP) is 1.75. The zero-order valence-electron chi connectivity index (χ0n) is 11.3. The molecule has 9 heteroatoms. The maximum absolute atomic E-state index is 12.6. The Hall–Kier alpha value is -1.80. The van der Waals surface area contributed by atoms with Crippen molar-refractivity contribution in [2.45, 2.75) is 38.3 Å². The molecule has 0 aromatic heterocycles. The Labute approximate surface area is 119 Å². The third-order valence-corrected chi connectivity index (χ3v) is 3.21. The van der Waals surface area contributed by atoms with E-state index in [9.17, 15) is 27.6 Å². The van der Waals surface area contributed by atoms with E-state index in [2.05, 4.69) is 0 Å². The van der Waals surface area contributed by atoms with Crippen LogP contribution < -0.4 is 5.32 Å². The molecule has 0 radical (unpaired) electrons. The minimum absolute atomic E-state index is 0.0279. The molecule has 1 saturated heterocycles. The number of alkyl halides is 3. The molecule has 1 aliphatic rings. The van der Waals surface area contributed by atoms with Gasteiger partial charge in [-0.15, -0.1) is 0 Å². The maximum Gasteiger partial charge on any atom is 0.393 e. The van der Waals surface area contributed by atoms with Crippen LogP contribution in [0.25, 0.3) is 0 Å². The Bertz CT molecular complexity index is 412. The normalized spacial score (nSPS) is 19.2. The second-order valence-corrected chi connectivity index (χ2v) is 4.93. The minimum Gasteiger partial charge on any atom is -0.481 e. The zero-order chi connectivity index (χ0) is 16.0. The number of hydrogen-bond donors (Lipinski definition) is 2. The van der Waals surface area contributed by atoms with Gasteiger partial charge in [-0.05, 0) is 19.3 Å². The average molecular weight is 310 g/mol. The van der Waals surface area contributed by atoms with Gasteiger partial charge < -0.3 is 10.0 Å². The number of urea groups is 1. The van der Waals surface area contributed by atoms with Gasteiger partial charge >= 0.3 is 18.2 Å². The van der Waals surface area contributed by atoms with E-state index in [0.29, 0.717) is 0 Å². The van der Waals surface area contributed by atoms with Crippen molar-refractivity contribution in [2.75, 3.05) is 13.1 Å². The summed E-state index contributed by atoms with van der Waals surface area (Å²) >= 11 is 0. The third kappa shape index (κ3) is 6.01. The van der Waals surface area contributed by atoms with Gasteiger partial charge in [-0.2, -0.15) is 13.2 Å². The summed E-state index contributed by atoms with van der Waals surface area (Å²) in [5, 5.41) is 10.4. The van der Waals surface area contributed by atoms with Crippen molar-refractivity contribution in [1.29, 1.82) is 0 Å². The molecule has 1 heterocycles. The molecule has 0 spiro atoms. The number of carbonyl (C=O) groups is 3. The number of carboxylic acids is 1. The number of likely N-dealkylation sites (tertiary alicyclic amines) is 1. The van der Waals surface area contributed by atoms with Crippen LogP contribution in [0, 0.1) is 5.92 Å². The molecule has 1 rings (SSSR count). The Balaban J connectivity index is 2.40. The van der Waals surface area contributed by atoms with Crippen molar-refractivity contribution in [2.24, 2.45) is 5.92 Å². The van der Waals surface area contributed by atoms with Gasteiger partial charge in [-0.25, -0.2) is 4.79 Å². The third-order valence-electron chi connectivity index (χ3n) is 3.21. The maximum atomic E-state index is 12.6. The molecule has 0 bridgehead atoms. The summed E-state index contributed by atoms with van der Waals surface area (Å²) in [6.07, 6.45) is -4.45. The van der Waals surface area contributed by atoms with E-state index >= 15 is 0 Å². The molecule has 120 valence electrons. The van der Waals surface area contributed by atoms with E-state index in [0.717, 1.165) is 4.90 Å². The minimum atomic E-state index is -4.36. The molecular weight excluding hydrogens is 293 g/mol. The van der Waals surface area contributed by atoms with E-state index < -0.39 is 36.5 Å². The molecule has 0 aromatic rings. The lowest BCUT2D eigenvalue weighted by Crippen LogP contribution is -2.49. The molecule has 1 aliphatic heterocycles. The van der Waals surface area contributed by atoms with Crippen LogP contribution >= 0.6 is 0 Å². The number of rotatable bonds is 4. The summed E-state index contributed by atoms with van der Waals surface area (Å²) in [6, 6.07) is -0.857. The van der Waals surface area contributed by atoms with Crippen molar-refractivity contribution >= 4 is 17.9 Å². The van der Waals surface area contributed by atoms with Gasteiger partial charge in [-0.3, -0.25) is 14.9 Å². The fourth-order valence-corrected chi connectivity index (χ4v) is 2.09. The lowest BCUT2D eigenvalue weighted by atomic mass is 9.98. The lowest BCUT2D eigenvalue weighted by molar-refractivity contribution is -0.183. The van der Waals surface area contributed by atoms with E-state index in [1.54, 1.807) is 0 Å². The van der Waals surface area contributed by atoms with Crippen molar-refractivity contribution < 1.29 is 32.7 Å². The summed E-state index contributed by atoms with van der Waals surface area (Å²) < 4.78 is 37.8. The molecule has 1 atom stereocenters. The van der Waals surface area contributed by atoms with Crippen molar-refractivity contribution in [1.82, 2.24) is 10.2 Å². The fourth-order valence-electron chi connectivity index (χ4n) is 2.09. The largest absolute Gasteiger partial charge is 0.481 e. The summed E-state index contributed by atoms with van der Waals surface area (Å²) in [5.74, 6) is -3.31. The summed E-state index contributed by atoms with van der Waals surface area (Å²) in [5.41, 5.74) is 0. The summed E-state index contributed by atoms with van der Waals surface area (Å²) in [6.45, 7) is -0.293. The lowest BCUT2D eigenvalue weighted by Gasteiger charge is -2.33. The van der Waals surface area contributed by atoms with Crippen LogP contribution in [0.4, 0.5) is 18.0 Å². The van der Waals surface area contributed by atoms with Gasteiger partial charge in [-0.1, -0.05) is 0 Å². The quantitative estimate of drug-likeness (QED) is 0.828. The standard InChI is InChI=1S/C12H17F3N2O4/c13-12(14,15)8-3-2-6-17(7-8)11(21)16-9(18)4-1-5-10(19)20/h8H,1-7H2,(H,19,20)(H,16,18,21). The Morgan fingerprint density at radius 3 is 2.48 bits per heavy atom. The molecule has 21 heavy (non-hydrogen) atoms. The SMILES string of the molecule is O=C(O)CCCC(=O)NC(=O)N1CCCC(C(F)(F)F)C1. The smallest absolute Gasteiger partial charge is 0.393 e. The van der Waals surface area contributed by atoms with Crippen molar-refractivity contribution in [3.63, 3.8) is 0 Å². The van der Waals surface area contributed by atoms with Gasteiger partial charge in [0, 0.05) is 25.9 Å². The molecule has 0 aliphatic carbocycles. The molecule has 2 N–H and O–H groups in total. The average Bonchev–Trinajstić information content (AvgIpc) is 2.37. The number of halogens is 3. The van der Waals surface area contributed by atoms with Gasteiger partial charge in [0.1, 0.15) is 0 Å². The Kier molecular flexibility index (Phi) is 5.98. The molecular formula is C12H17F3N2O4. The number of nitrogens with one attached hydrogen (secondary N) is 1. The number of carboxylic acid groups (broad SMARTS) is 1. The van der Waals surface area contributed by atoms with Crippen LogP contribution in [-0.4, -0.2) is 47.2 Å². The molecule has 6 nitrogen and oxygen atoms in total. The number of carbonyl (C=O) groups excluding carboxylic acids is 2. The van der Waals surface area contributed by atoms with E-state index in [1.807, 2.05) is 5.32 Å². The molecule has 3 amide bonds. The highest BCUT2D eigenvalue weighted by Gasteiger charge is 2.42. The highest BCUT2D eigenvalue weighted by molar-refractivity contribution is 5.94. The second-order valence-electron chi connectivity index (χ2n) is 4.93. The summed E-state index contributed by atoms with van der Waals surface area (Å²) in [4.78, 5) is 34.3. The molecule has 0 saturated carbocycles. The second kappa shape index (κ2) is 7.28. The number of imide groups is 1. The number of hydrogen-bond acceptors (Lipinski definition) is 3. The Morgan fingerprint density at radius 1 is 1.24 bits per heavy atom. The van der Waals surface area contributed by atoms with E-state index in [1.165, 1.54) is 0 Å². The first-order chi connectivity index (χ1) is 9.70. The highest BCUT2D eigenvalue weighted by atomic mass is 19.4. The van der Waals surface area contributed by atoms with Crippen LogP contribution in [0.1, 0.15) is 32.1 Å². The fraction of sp³-hybridized carbons (Fsp3) is 0.750. The Morgan fingerprint density at radius 2 is 1.90 bits per heavy atom. The van der Waals surface area contributed by atoms with Crippen LogP contribution in [0.15, 0.2) is 0 Å². The van der Waals surface area contributed by atoms with Gasteiger partial charge in [0.25, 0.3) is 0 Å². The molecule has 1 fully saturated rings. The first-order valence-electron chi connectivity index (χ1n) is 6.57. The molecule has 1 unspecified atom stereocenters. The van der Waals surface area contributed by atoms with Crippen LogP contribution in [0.5, 0.6) is 0 Å². The number of aliphatic carboxylic acids is 1. The zero-order valence-corrected chi connectivity index (χ0v) is 11.3. The van der Waals surface area contributed by atoms with E-state index in [-0.39, 0.29) is 38.6 Å². The van der Waals surface area contributed by atoms with Gasteiger partial charge in [0.2, 0.25) is 5.91 Å². The van der Waals surface area contributed by atoms with Crippen LogP contribution in [0.3, 0.4) is 0 Å². The van der Waals surface area contributed by atoms with E-state index in [4.69, 9.17) is 5.11 Å². The monoisotopic (exact) mass is 310 g/mol. The number of nitrogens with zero attached hydrogens (tertiary/aromatic N) is 1. The first-order valence-corrected chi connectivity index (χ1v) is 6.57. The topological polar surface area (TPSA) is 86.7 Å².